The first-order valence-electron chi connectivity index (χ1n) is 10.8. The second kappa shape index (κ2) is 8.86. The molecule has 1 aliphatic rings. The van der Waals surface area contributed by atoms with E-state index in [9.17, 15) is 10.1 Å². The van der Waals surface area contributed by atoms with E-state index in [1.54, 1.807) is 6.20 Å². The number of aliphatic hydroxyl groups is 1. The van der Waals surface area contributed by atoms with E-state index in [4.69, 9.17) is 9.18 Å². The fourth-order valence-corrected chi connectivity index (χ4v) is 3.99. The van der Waals surface area contributed by atoms with Crippen molar-refractivity contribution in [3.8, 4) is 11.5 Å². The van der Waals surface area contributed by atoms with Gasteiger partial charge in [-0.05, 0) is 42.6 Å². The van der Waals surface area contributed by atoms with E-state index < -0.39 is 18.8 Å². The molecule has 0 saturated carbocycles. The summed E-state index contributed by atoms with van der Waals surface area (Å²) >= 11 is 0. The molecule has 0 spiro atoms. The first-order chi connectivity index (χ1) is 16.4. The average molecular weight is 458 g/mol. The zero-order valence-corrected chi connectivity index (χ0v) is 18.6. The summed E-state index contributed by atoms with van der Waals surface area (Å²) in [5, 5.41) is 30.3. The largest absolute Gasteiger partial charge is 0.492 e. The SMILES string of the molecule is CC1(C)OB(O)c2ccc(Nc3ncc(-c4ncno4)c(N[C@H](CO)c4ccccc4)n3)cc21. The third-order valence-electron chi connectivity index (χ3n) is 5.71. The highest BCUT2D eigenvalue weighted by molar-refractivity contribution is 6.62. The van der Waals surface area contributed by atoms with Gasteiger partial charge in [-0.1, -0.05) is 41.6 Å². The molecule has 0 amide bonds. The summed E-state index contributed by atoms with van der Waals surface area (Å²) in [7, 11) is -0.951. The highest BCUT2D eigenvalue weighted by Crippen LogP contribution is 2.33. The summed E-state index contributed by atoms with van der Waals surface area (Å²) in [4.78, 5) is 13.1. The van der Waals surface area contributed by atoms with Crippen LogP contribution in [0.15, 0.2) is 65.6 Å². The van der Waals surface area contributed by atoms with Crippen LogP contribution in [0.5, 0.6) is 0 Å². The Morgan fingerprint density at radius 2 is 1.94 bits per heavy atom. The maximum absolute atomic E-state index is 10.1. The van der Waals surface area contributed by atoms with Crippen molar-refractivity contribution in [2.45, 2.75) is 25.5 Å². The number of benzene rings is 2. The summed E-state index contributed by atoms with van der Waals surface area (Å²) in [6.45, 7) is 3.66. The first kappa shape index (κ1) is 22.0. The third kappa shape index (κ3) is 4.24. The van der Waals surface area contributed by atoms with E-state index in [1.165, 1.54) is 6.33 Å². The molecule has 34 heavy (non-hydrogen) atoms. The van der Waals surface area contributed by atoms with Crippen LogP contribution in [0.25, 0.3) is 11.5 Å². The molecule has 172 valence electrons. The molecule has 0 fully saturated rings. The Morgan fingerprint density at radius 1 is 1.12 bits per heavy atom. The second-order valence-electron chi connectivity index (χ2n) is 8.40. The van der Waals surface area contributed by atoms with Crippen LogP contribution < -0.4 is 16.1 Å². The summed E-state index contributed by atoms with van der Waals surface area (Å²) in [6, 6.07) is 14.7. The molecule has 2 aromatic carbocycles. The van der Waals surface area contributed by atoms with Crippen molar-refractivity contribution in [2.75, 3.05) is 17.2 Å². The Bertz CT molecular complexity index is 1290. The van der Waals surface area contributed by atoms with Crippen molar-refractivity contribution in [3.05, 3.63) is 72.2 Å². The van der Waals surface area contributed by atoms with Crippen LogP contribution in [-0.2, 0) is 10.3 Å². The first-order valence-corrected chi connectivity index (χ1v) is 10.8. The Kier molecular flexibility index (Phi) is 5.74. The topological polar surface area (TPSA) is 138 Å². The zero-order chi connectivity index (χ0) is 23.7. The summed E-state index contributed by atoms with van der Waals surface area (Å²) in [6.07, 6.45) is 2.88. The van der Waals surface area contributed by atoms with Crippen LogP contribution in [0, 0.1) is 0 Å². The van der Waals surface area contributed by atoms with Crippen molar-refractivity contribution >= 4 is 30.0 Å². The zero-order valence-electron chi connectivity index (χ0n) is 18.6. The third-order valence-corrected chi connectivity index (χ3v) is 5.71. The quantitative estimate of drug-likeness (QED) is 0.305. The van der Waals surface area contributed by atoms with Crippen LogP contribution >= 0.6 is 0 Å². The van der Waals surface area contributed by atoms with E-state index in [0.29, 0.717) is 17.3 Å². The smallest absolute Gasteiger partial charge is 0.423 e. The minimum atomic E-state index is -0.951. The predicted octanol–water partition coefficient (Wildman–Crippen LogP) is 2.37. The lowest BCUT2D eigenvalue weighted by molar-refractivity contribution is 0.101. The lowest BCUT2D eigenvalue weighted by Gasteiger charge is -2.21. The van der Waals surface area contributed by atoms with Crippen LogP contribution in [0.3, 0.4) is 0 Å². The Hall–Kier alpha value is -3.80. The Morgan fingerprint density at radius 3 is 2.68 bits per heavy atom. The Balaban J connectivity index is 1.48. The molecule has 0 radical (unpaired) electrons. The summed E-state index contributed by atoms with van der Waals surface area (Å²) in [5.74, 6) is 1.00. The van der Waals surface area contributed by atoms with Crippen molar-refractivity contribution in [2.24, 2.45) is 0 Å². The number of aliphatic hydroxyl groups excluding tert-OH is 1. The number of nitrogens with zero attached hydrogens (tertiary/aromatic N) is 4. The minimum absolute atomic E-state index is 0.151. The summed E-state index contributed by atoms with van der Waals surface area (Å²) < 4.78 is 10.9. The molecule has 11 heteroatoms. The van der Waals surface area contributed by atoms with Gasteiger partial charge >= 0.3 is 7.12 Å². The van der Waals surface area contributed by atoms with Gasteiger partial charge in [0.25, 0.3) is 5.89 Å². The molecule has 0 unspecified atom stereocenters. The second-order valence-corrected chi connectivity index (χ2v) is 8.40. The van der Waals surface area contributed by atoms with Crippen LogP contribution in [0.4, 0.5) is 17.5 Å². The van der Waals surface area contributed by atoms with Gasteiger partial charge in [-0.15, -0.1) is 0 Å². The van der Waals surface area contributed by atoms with Crippen molar-refractivity contribution < 1.29 is 19.3 Å². The number of hydrogen-bond donors (Lipinski definition) is 4. The number of hydrogen-bond acceptors (Lipinski definition) is 10. The molecule has 3 heterocycles. The van der Waals surface area contributed by atoms with Gasteiger partial charge in [0.2, 0.25) is 5.95 Å². The highest BCUT2D eigenvalue weighted by Gasteiger charge is 2.40. The van der Waals surface area contributed by atoms with Gasteiger partial charge in [-0.3, -0.25) is 0 Å². The maximum atomic E-state index is 10.1. The van der Waals surface area contributed by atoms with Crippen LogP contribution in [-0.4, -0.2) is 44.0 Å². The molecule has 0 bridgehead atoms. The molecule has 1 atom stereocenters. The van der Waals surface area contributed by atoms with E-state index in [2.05, 4.69) is 30.7 Å². The Labute approximate surface area is 196 Å². The van der Waals surface area contributed by atoms with Crippen molar-refractivity contribution in [3.63, 3.8) is 0 Å². The molecule has 10 nitrogen and oxygen atoms in total. The summed E-state index contributed by atoms with van der Waals surface area (Å²) in [5.41, 5.74) is 3.14. The normalized spacial score (nSPS) is 15.1. The van der Waals surface area contributed by atoms with Crippen molar-refractivity contribution in [1.29, 1.82) is 0 Å². The van der Waals surface area contributed by atoms with Gasteiger partial charge in [0.05, 0.1) is 18.2 Å². The molecule has 4 N–H and O–H groups in total. The van der Waals surface area contributed by atoms with E-state index in [1.807, 2.05) is 62.4 Å². The monoisotopic (exact) mass is 458 g/mol. The van der Waals surface area contributed by atoms with Gasteiger partial charge in [0.1, 0.15) is 11.4 Å². The van der Waals surface area contributed by atoms with Gasteiger partial charge in [-0.2, -0.15) is 9.97 Å². The number of aromatic nitrogens is 4. The van der Waals surface area contributed by atoms with E-state index in [0.717, 1.165) is 22.3 Å². The van der Waals surface area contributed by atoms with Gasteiger partial charge in [-0.25, -0.2) is 4.98 Å². The van der Waals surface area contributed by atoms with Gasteiger partial charge < -0.3 is 29.9 Å². The molecule has 0 saturated heterocycles. The molecular formula is C23H23BN6O4. The maximum Gasteiger partial charge on any atom is 0.492 e. The van der Waals surface area contributed by atoms with Crippen LogP contribution in [0.1, 0.15) is 31.0 Å². The van der Waals surface area contributed by atoms with E-state index >= 15 is 0 Å². The fraction of sp³-hybridized carbons (Fsp3) is 0.217. The highest BCUT2D eigenvalue weighted by atomic mass is 16.5. The van der Waals surface area contributed by atoms with Gasteiger partial charge in [0, 0.05) is 11.9 Å². The number of rotatable bonds is 7. The molecule has 1 aliphatic heterocycles. The van der Waals surface area contributed by atoms with Crippen LogP contribution in [0.2, 0.25) is 0 Å². The molecule has 4 aromatic rings. The number of nitrogens with one attached hydrogen (secondary N) is 2. The van der Waals surface area contributed by atoms with Crippen molar-refractivity contribution in [1.82, 2.24) is 20.1 Å². The lowest BCUT2D eigenvalue weighted by atomic mass is 9.78. The molecule has 5 rings (SSSR count). The molecule has 2 aromatic heterocycles. The number of anilines is 3. The molecule has 0 aliphatic carbocycles. The average Bonchev–Trinajstić information content (AvgIpc) is 3.44. The number of fused-ring (bicyclic) bond motifs is 1. The van der Waals surface area contributed by atoms with E-state index in [-0.39, 0.29) is 12.5 Å². The molecular weight excluding hydrogens is 435 g/mol. The standard InChI is InChI=1S/C23H23BN6O4/c1-23(2)17-10-15(8-9-18(17)24(32)34-23)28-22-25-11-16(21-26-13-27-33-21)20(30-22)29-19(12-31)14-6-4-3-5-7-14/h3-11,13,19,31-32H,12H2,1-2H3,(H2,25,28,29,30)/t19-/m1/s1. The fourth-order valence-electron chi connectivity index (χ4n) is 3.99. The predicted molar refractivity (Wildman–Crippen MR) is 127 cm³/mol. The van der Waals surface area contributed by atoms with Gasteiger partial charge in [0.15, 0.2) is 6.33 Å². The lowest BCUT2D eigenvalue weighted by Crippen LogP contribution is -2.28. The minimum Gasteiger partial charge on any atom is -0.423 e.